The summed E-state index contributed by atoms with van der Waals surface area (Å²) in [5.74, 6) is 0. The van der Waals surface area contributed by atoms with E-state index in [1.807, 2.05) is 12.1 Å². The van der Waals surface area contributed by atoms with Gasteiger partial charge in [0.05, 0.1) is 6.07 Å². The number of hydrogen-bond acceptors (Lipinski definition) is 1. The molecule has 2 rings (SSSR count). The molecular formula is C14H13F3N2. The highest BCUT2D eigenvalue weighted by atomic mass is 19.4. The molecule has 0 saturated heterocycles. The first-order chi connectivity index (χ1) is 8.86. The summed E-state index contributed by atoms with van der Waals surface area (Å²) in [6.45, 7) is 3.55. The Balaban J connectivity index is 2.78. The second kappa shape index (κ2) is 4.61. The first-order valence-corrected chi connectivity index (χ1v) is 5.91. The van der Waals surface area contributed by atoms with Crippen molar-refractivity contribution < 1.29 is 13.2 Å². The van der Waals surface area contributed by atoms with E-state index in [9.17, 15) is 13.2 Å². The van der Waals surface area contributed by atoms with Gasteiger partial charge in [0.15, 0.2) is 0 Å². The van der Waals surface area contributed by atoms with Gasteiger partial charge in [-0.2, -0.15) is 18.4 Å². The van der Waals surface area contributed by atoms with Gasteiger partial charge >= 0.3 is 6.18 Å². The van der Waals surface area contributed by atoms with E-state index in [1.165, 1.54) is 0 Å². The molecule has 1 aromatic heterocycles. The molecule has 0 bridgehead atoms. The predicted molar refractivity (Wildman–Crippen MR) is 66.7 cm³/mol. The van der Waals surface area contributed by atoms with Crippen molar-refractivity contribution in [3.63, 3.8) is 0 Å². The van der Waals surface area contributed by atoms with Crippen molar-refractivity contribution in [2.45, 2.75) is 32.9 Å². The quantitative estimate of drug-likeness (QED) is 0.866. The van der Waals surface area contributed by atoms with Crippen LogP contribution in [0.5, 0.6) is 0 Å². The number of H-pyrrole nitrogens is 1. The molecule has 2 nitrogen and oxygen atoms in total. The molecule has 1 N–H and O–H groups in total. The lowest BCUT2D eigenvalue weighted by Crippen LogP contribution is -2.08. The minimum absolute atomic E-state index is 0.0728. The molecule has 1 heterocycles. The van der Waals surface area contributed by atoms with Crippen molar-refractivity contribution in [2.24, 2.45) is 0 Å². The number of nitrogens with zero attached hydrogens (tertiary/aromatic N) is 1. The Kier molecular flexibility index (Phi) is 3.27. The fourth-order valence-corrected chi connectivity index (χ4v) is 2.36. The first kappa shape index (κ1) is 13.5. The average molecular weight is 266 g/mol. The molecule has 2 aromatic rings. The van der Waals surface area contributed by atoms with E-state index in [-0.39, 0.29) is 18.4 Å². The lowest BCUT2D eigenvalue weighted by molar-refractivity contribution is -0.141. The maximum absolute atomic E-state index is 13.1. The SMILES string of the molecule is Cc1ccc(C)c2c(CCC#N)c(C(F)(F)F)[nH]c12. The van der Waals surface area contributed by atoms with Crippen LogP contribution in [0.2, 0.25) is 0 Å². The van der Waals surface area contributed by atoms with E-state index in [1.54, 1.807) is 19.9 Å². The largest absolute Gasteiger partial charge is 0.431 e. The zero-order chi connectivity index (χ0) is 14.2. The van der Waals surface area contributed by atoms with Gasteiger partial charge in [-0.1, -0.05) is 12.1 Å². The fraction of sp³-hybridized carbons (Fsp3) is 0.357. The monoisotopic (exact) mass is 266 g/mol. The summed E-state index contributed by atoms with van der Waals surface area (Å²) in [6.07, 6.45) is -4.25. The molecule has 0 amide bonds. The van der Waals surface area contributed by atoms with Crippen molar-refractivity contribution in [1.82, 2.24) is 4.98 Å². The van der Waals surface area contributed by atoms with Gasteiger partial charge in [0.25, 0.3) is 0 Å². The maximum atomic E-state index is 13.1. The highest BCUT2D eigenvalue weighted by Crippen LogP contribution is 2.38. The van der Waals surface area contributed by atoms with Gasteiger partial charge in [0.2, 0.25) is 0 Å². The van der Waals surface area contributed by atoms with Crippen LogP contribution < -0.4 is 0 Å². The highest BCUT2D eigenvalue weighted by molar-refractivity contribution is 5.90. The van der Waals surface area contributed by atoms with Crippen LogP contribution in [0.1, 0.15) is 28.8 Å². The Morgan fingerprint density at radius 3 is 2.42 bits per heavy atom. The van der Waals surface area contributed by atoms with Crippen LogP contribution in [0.3, 0.4) is 0 Å². The summed E-state index contributed by atoms with van der Waals surface area (Å²) in [6, 6.07) is 5.50. The maximum Gasteiger partial charge on any atom is 0.431 e. The molecular weight excluding hydrogens is 253 g/mol. The molecule has 1 aromatic carbocycles. The second-order valence-electron chi connectivity index (χ2n) is 4.58. The number of halogens is 3. The third-order valence-electron chi connectivity index (χ3n) is 3.25. The number of hydrogen-bond donors (Lipinski definition) is 1. The lowest BCUT2D eigenvalue weighted by Gasteiger charge is -2.07. The lowest BCUT2D eigenvalue weighted by atomic mass is 10.00. The molecule has 0 aliphatic rings. The topological polar surface area (TPSA) is 39.6 Å². The summed E-state index contributed by atoms with van der Waals surface area (Å²) in [4.78, 5) is 2.49. The number of fused-ring (bicyclic) bond motifs is 1. The van der Waals surface area contributed by atoms with Gasteiger partial charge < -0.3 is 4.98 Å². The van der Waals surface area contributed by atoms with E-state index in [0.29, 0.717) is 10.9 Å². The van der Waals surface area contributed by atoms with Crippen LogP contribution >= 0.6 is 0 Å². The van der Waals surface area contributed by atoms with E-state index >= 15 is 0 Å². The van der Waals surface area contributed by atoms with Crippen molar-refractivity contribution in [3.05, 3.63) is 34.5 Å². The van der Waals surface area contributed by atoms with Gasteiger partial charge in [-0.15, -0.1) is 0 Å². The van der Waals surface area contributed by atoms with E-state index in [0.717, 1.165) is 11.1 Å². The first-order valence-electron chi connectivity index (χ1n) is 5.91. The molecule has 0 aliphatic heterocycles. The Hall–Kier alpha value is -1.96. The molecule has 5 heteroatoms. The second-order valence-corrected chi connectivity index (χ2v) is 4.58. The number of rotatable bonds is 2. The molecule has 0 radical (unpaired) electrons. The molecule has 0 fully saturated rings. The van der Waals surface area contributed by atoms with E-state index < -0.39 is 11.9 Å². The molecule has 0 spiro atoms. The standard InChI is InChI=1S/C14H13F3N2/c1-8-5-6-9(2)12-11(8)10(4-3-7-18)13(19-12)14(15,16)17/h5-6,19H,3-4H2,1-2H3. The minimum atomic E-state index is -4.43. The van der Waals surface area contributed by atoms with Crippen LogP contribution in [-0.4, -0.2) is 4.98 Å². The normalized spacial score (nSPS) is 11.8. The van der Waals surface area contributed by atoms with Gasteiger partial charge in [-0.25, -0.2) is 0 Å². The Bertz CT molecular complexity index is 660. The number of aromatic nitrogens is 1. The zero-order valence-electron chi connectivity index (χ0n) is 10.7. The molecule has 19 heavy (non-hydrogen) atoms. The minimum Gasteiger partial charge on any atom is -0.351 e. The molecule has 0 unspecified atom stereocenters. The number of nitriles is 1. The van der Waals surface area contributed by atoms with Crippen LogP contribution in [0.15, 0.2) is 12.1 Å². The molecule has 0 aliphatic carbocycles. The molecule has 0 atom stereocenters. The van der Waals surface area contributed by atoms with Crippen LogP contribution in [0, 0.1) is 25.2 Å². The number of benzene rings is 1. The van der Waals surface area contributed by atoms with Crippen LogP contribution in [-0.2, 0) is 12.6 Å². The van der Waals surface area contributed by atoms with Gasteiger partial charge in [-0.05, 0) is 37.0 Å². The van der Waals surface area contributed by atoms with Gasteiger partial charge in [0, 0.05) is 17.3 Å². The zero-order valence-corrected chi connectivity index (χ0v) is 10.7. The number of alkyl halides is 3. The average Bonchev–Trinajstić information content (AvgIpc) is 2.72. The van der Waals surface area contributed by atoms with Crippen molar-refractivity contribution in [3.8, 4) is 6.07 Å². The Morgan fingerprint density at radius 1 is 1.21 bits per heavy atom. The van der Waals surface area contributed by atoms with Crippen molar-refractivity contribution >= 4 is 10.9 Å². The number of aryl methyl sites for hydroxylation is 3. The fourth-order valence-electron chi connectivity index (χ4n) is 2.36. The van der Waals surface area contributed by atoms with E-state index in [2.05, 4.69) is 4.98 Å². The van der Waals surface area contributed by atoms with Gasteiger partial charge in [-0.3, -0.25) is 0 Å². The Morgan fingerprint density at radius 2 is 1.84 bits per heavy atom. The van der Waals surface area contributed by atoms with Crippen LogP contribution in [0.4, 0.5) is 13.2 Å². The third-order valence-corrected chi connectivity index (χ3v) is 3.25. The van der Waals surface area contributed by atoms with Crippen molar-refractivity contribution in [2.75, 3.05) is 0 Å². The molecule has 100 valence electrons. The summed E-state index contributed by atoms with van der Waals surface area (Å²) in [5, 5.41) is 9.21. The van der Waals surface area contributed by atoms with Crippen molar-refractivity contribution in [1.29, 1.82) is 5.26 Å². The highest BCUT2D eigenvalue weighted by Gasteiger charge is 2.36. The summed E-state index contributed by atoms with van der Waals surface area (Å²) in [5.41, 5.74) is 1.55. The number of nitrogens with one attached hydrogen (secondary N) is 1. The van der Waals surface area contributed by atoms with Crippen LogP contribution in [0.25, 0.3) is 10.9 Å². The van der Waals surface area contributed by atoms with Gasteiger partial charge in [0.1, 0.15) is 5.69 Å². The van der Waals surface area contributed by atoms with E-state index in [4.69, 9.17) is 5.26 Å². The third kappa shape index (κ3) is 2.30. The molecule has 0 saturated carbocycles. The Labute approximate surface area is 108 Å². The summed E-state index contributed by atoms with van der Waals surface area (Å²) < 4.78 is 39.2. The summed E-state index contributed by atoms with van der Waals surface area (Å²) >= 11 is 0. The predicted octanol–water partition coefficient (Wildman–Crippen LogP) is 4.26. The number of aromatic amines is 1. The smallest absolute Gasteiger partial charge is 0.351 e. The summed E-state index contributed by atoms with van der Waals surface area (Å²) in [7, 11) is 0.